The first-order chi connectivity index (χ1) is 15.1. The van der Waals surface area contributed by atoms with Crippen molar-refractivity contribution in [3.8, 4) is 12.3 Å². The first kappa shape index (κ1) is 24.0. The number of aliphatic hydroxyl groups excluding tert-OH is 2. The molecule has 0 bridgehead atoms. The molecule has 180 valence electrons. The third-order valence-electron chi connectivity index (χ3n) is 3.40. The minimum Gasteiger partial charge on any atom is -0.385 e. The van der Waals surface area contributed by atoms with E-state index in [1.807, 2.05) is 10.9 Å². The highest BCUT2D eigenvalue weighted by atomic mass is 32.1. The maximum atomic E-state index is 15.4. The van der Waals surface area contributed by atoms with Crippen molar-refractivity contribution in [2.24, 2.45) is 0 Å². The third kappa shape index (κ3) is 6.48. The van der Waals surface area contributed by atoms with Crippen molar-refractivity contribution in [2.45, 2.75) is 24.3 Å². The van der Waals surface area contributed by atoms with E-state index in [9.17, 15) is 33.6 Å². The second-order valence-electron chi connectivity index (χ2n) is 5.73. The van der Waals surface area contributed by atoms with E-state index in [-0.39, 0.29) is 10.2 Å². The average molecular weight is 544 g/mol. The van der Waals surface area contributed by atoms with Gasteiger partial charge < -0.3 is 34.5 Å². The lowest BCUT2D eigenvalue weighted by Crippen LogP contribution is -2.43. The SMILES string of the molecule is [2H]C([2H])(OP(=O)(O)OP(=O)(O)OP(=O)(O)O)[C@@]1(F)O[C@@H](n2cc(C#C)c(=S)[nH]c2=O)[C@H](O)[C@@H]1O. The Hall–Kier alpha value is -1.12. The number of phosphoric acid groups is 3. The molecule has 0 aliphatic carbocycles. The molecule has 1 fully saturated rings. The van der Waals surface area contributed by atoms with Crippen molar-refractivity contribution in [2.75, 3.05) is 6.56 Å². The third-order valence-corrected chi connectivity index (χ3v) is 7.37. The molecule has 0 radical (unpaired) electrons. The monoisotopic (exact) mass is 544 g/mol. The van der Waals surface area contributed by atoms with Crippen LogP contribution in [-0.4, -0.2) is 64.0 Å². The Kier molecular flexibility index (Phi) is 6.95. The number of ether oxygens (including phenoxy) is 1. The fraction of sp³-hybridized carbons (Fsp3) is 0.455. The topological polar surface area (TPSA) is 247 Å². The van der Waals surface area contributed by atoms with Crippen LogP contribution in [-0.2, 0) is 31.6 Å². The summed E-state index contributed by atoms with van der Waals surface area (Å²) >= 11 is 4.77. The zero-order valence-electron chi connectivity index (χ0n) is 16.9. The summed E-state index contributed by atoms with van der Waals surface area (Å²) in [7, 11) is -18.2. The van der Waals surface area contributed by atoms with Gasteiger partial charge in [0.1, 0.15) is 23.4 Å². The maximum absolute atomic E-state index is 15.4. The second kappa shape index (κ2) is 9.26. The summed E-state index contributed by atoms with van der Waals surface area (Å²) in [5.41, 5.74) is -1.34. The van der Waals surface area contributed by atoms with E-state index in [4.69, 9.17) is 36.1 Å². The summed E-state index contributed by atoms with van der Waals surface area (Å²) in [6.07, 6.45) is -1.66. The number of hydrogen-bond donors (Lipinski definition) is 7. The molecular weight excluding hydrogens is 528 g/mol. The smallest absolute Gasteiger partial charge is 0.385 e. The number of aromatic amines is 1. The van der Waals surface area contributed by atoms with Gasteiger partial charge in [0.2, 0.25) is 0 Å². The highest BCUT2D eigenvalue weighted by Gasteiger charge is 2.57. The Morgan fingerprint density at radius 3 is 2.44 bits per heavy atom. The summed E-state index contributed by atoms with van der Waals surface area (Å²) in [6, 6.07) is 0. The van der Waals surface area contributed by atoms with Crippen LogP contribution in [0.4, 0.5) is 4.39 Å². The van der Waals surface area contributed by atoms with Crippen molar-refractivity contribution < 1.29 is 68.5 Å². The molecule has 32 heavy (non-hydrogen) atoms. The average Bonchev–Trinajstić information content (AvgIpc) is 2.83. The van der Waals surface area contributed by atoms with E-state index in [2.05, 4.69) is 17.9 Å². The maximum Gasteiger partial charge on any atom is 0.490 e. The molecule has 0 saturated carbocycles. The fourth-order valence-corrected chi connectivity index (χ4v) is 5.27. The Morgan fingerprint density at radius 1 is 1.31 bits per heavy atom. The van der Waals surface area contributed by atoms with Gasteiger partial charge in [-0.25, -0.2) is 22.9 Å². The predicted octanol–water partition coefficient (Wildman–Crippen LogP) is -0.853. The molecule has 2 heterocycles. The minimum atomic E-state index is -6.27. The van der Waals surface area contributed by atoms with Gasteiger partial charge in [-0.2, -0.15) is 8.62 Å². The molecule has 2 rings (SSSR count). The molecule has 6 atom stereocenters. The normalized spacial score (nSPS) is 31.1. The number of nitrogens with one attached hydrogen (secondary N) is 1. The summed E-state index contributed by atoms with van der Waals surface area (Å²) in [5, 5.41) is 20.2. The number of hydrogen-bond acceptors (Lipinski definition) is 11. The van der Waals surface area contributed by atoms with Crippen LogP contribution in [0.2, 0.25) is 0 Å². The lowest BCUT2D eigenvalue weighted by atomic mass is 10.1. The molecule has 1 aromatic heterocycles. The van der Waals surface area contributed by atoms with Gasteiger partial charge in [0.05, 0.1) is 8.30 Å². The van der Waals surface area contributed by atoms with Crippen LogP contribution in [0.5, 0.6) is 0 Å². The second-order valence-corrected chi connectivity index (χ2v) is 10.5. The van der Waals surface area contributed by atoms with Crippen LogP contribution in [0.1, 0.15) is 14.5 Å². The van der Waals surface area contributed by atoms with Crippen molar-refractivity contribution in [3.05, 3.63) is 26.9 Å². The number of phosphoric ester groups is 1. The number of rotatable bonds is 8. The van der Waals surface area contributed by atoms with Crippen LogP contribution >= 0.6 is 35.7 Å². The number of terminal acetylenes is 1. The molecule has 16 nitrogen and oxygen atoms in total. The van der Waals surface area contributed by atoms with Crippen molar-refractivity contribution >= 4 is 35.7 Å². The highest BCUT2D eigenvalue weighted by Crippen LogP contribution is 2.66. The first-order valence-corrected chi connectivity index (χ1v) is 12.5. The largest absolute Gasteiger partial charge is 0.490 e. The molecule has 21 heteroatoms. The number of aliphatic hydroxyl groups is 2. The quantitative estimate of drug-likeness (QED) is 0.120. The van der Waals surface area contributed by atoms with E-state index in [1.165, 1.54) is 0 Å². The van der Waals surface area contributed by atoms with Gasteiger partial charge in [0.25, 0.3) is 5.85 Å². The summed E-state index contributed by atoms with van der Waals surface area (Å²) < 4.78 is 79.6. The molecule has 1 aromatic rings. The molecule has 1 aliphatic heterocycles. The van der Waals surface area contributed by atoms with E-state index >= 15 is 4.39 Å². The first-order valence-electron chi connectivity index (χ1n) is 8.54. The molecule has 0 spiro atoms. The van der Waals surface area contributed by atoms with Crippen molar-refractivity contribution in [1.82, 2.24) is 9.55 Å². The van der Waals surface area contributed by atoms with Gasteiger partial charge in [0.15, 0.2) is 6.23 Å². The van der Waals surface area contributed by atoms with E-state index in [0.29, 0.717) is 4.57 Å². The Balaban J connectivity index is 2.39. The van der Waals surface area contributed by atoms with E-state index in [1.54, 1.807) is 0 Å². The van der Waals surface area contributed by atoms with Gasteiger partial charge >= 0.3 is 29.2 Å². The van der Waals surface area contributed by atoms with Gasteiger partial charge in [-0.3, -0.25) is 14.1 Å². The van der Waals surface area contributed by atoms with Crippen LogP contribution in [0.25, 0.3) is 0 Å². The summed E-state index contributed by atoms with van der Waals surface area (Å²) in [6.45, 7) is -4.31. The van der Waals surface area contributed by atoms with Crippen LogP contribution in [0, 0.1) is 17.0 Å². The number of aromatic nitrogens is 2. The minimum absolute atomic E-state index is 0.174. The van der Waals surface area contributed by atoms with Gasteiger partial charge in [-0.15, -0.1) is 6.42 Å². The molecule has 0 amide bonds. The van der Waals surface area contributed by atoms with Gasteiger partial charge in [0, 0.05) is 6.20 Å². The van der Waals surface area contributed by atoms with Crippen LogP contribution in [0.3, 0.4) is 0 Å². The fourth-order valence-electron chi connectivity index (χ4n) is 2.19. The molecule has 1 aliphatic rings. The van der Waals surface area contributed by atoms with Crippen LogP contribution in [0.15, 0.2) is 11.0 Å². The van der Waals surface area contributed by atoms with Crippen LogP contribution < -0.4 is 5.69 Å². The highest BCUT2D eigenvalue weighted by molar-refractivity contribution is 7.71. The standard InChI is InChI=1S/C11H14FN2O14P3S/c1-2-5-3-14(10(17)13-8(5)32)9-6(15)7(16)11(12,26-9)4-25-30(21,22)28-31(23,24)27-29(18,19)20/h1,3,6-7,9,15-16H,4H2,(H,21,22)(H,23,24)(H,13,17,32)(H2,18,19,20)/t6-,7+,9-,11-/m1/s1/i4D2. The zero-order chi connectivity index (χ0) is 26.5. The Labute approximate surface area is 184 Å². The van der Waals surface area contributed by atoms with Crippen molar-refractivity contribution in [1.29, 1.82) is 0 Å². The number of H-pyrrole nitrogens is 1. The zero-order valence-corrected chi connectivity index (χ0v) is 18.4. The number of nitrogens with zero attached hydrogens (tertiary/aromatic N) is 1. The lowest BCUT2D eigenvalue weighted by Gasteiger charge is -2.24. The van der Waals surface area contributed by atoms with Gasteiger partial charge in [-0.05, 0) is 0 Å². The molecule has 7 N–H and O–H groups in total. The molecule has 2 unspecified atom stereocenters. The molecular formula is C11H14FN2O14P3S. The lowest BCUT2D eigenvalue weighted by molar-refractivity contribution is -0.204. The van der Waals surface area contributed by atoms with Gasteiger partial charge in [-0.1, -0.05) is 18.1 Å². The van der Waals surface area contributed by atoms with Crippen molar-refractivity contribution in [3.63, 3.8) is 0 Å². The molecule has 0 aromatic carbocycles. The Morgan fingerprint density at radius 2 is 1.91 bits per heavy atom. The van der Waals surface area contributed by atoms with E-state index in [0.717, 1.165) is 6.20 Å². The van der Waals surface area contributed by atoms with E-state index < -0.39 is 60.0 Å². The molecule has 1 saturated heterocycles. The number of halogens is 1. The predicted molar refractivity (Wildman–Crippen MR) is 99.6 cm³/mol. The summed E-state index contributed by atoms with van der Waals surface area (Å²) in [5.74, 6) is -2.23. The number of alkyl halides is 1. The Bertz CT molecular complexity index is 1280. The summed E-state index contributed by atoms with van der Waals surface area (Å²) in [4.78, 5) is 49.7.